The fraction of sp³-hybridized carbons (Fsp3) is 0.190. The van der Waals surface area contributed by atoms with Gasteiger partial charge in [0.05, 0.1) is 11.5 Å². The number of amides is 2. The van der Waals surface area contributed by atoms with Gasteiger partial charge in [-0.15, -0.1) is 0 Å². The molecule has 2 amide bonds. The van der Waals surface area contributed by atoms with Crippen molar-refractivity contribution in [2.75, 3.05) is 13.2 Å². The summed E-state index contributed by atoms with van der Waals surface area (Å²) in [6.07, 6.45) is 1.62. The molecular formula is C21H19NO5S. The molecule has 3 rings (SSSR count). The Kier molecular flexibility index (Phi) is 6.49. The summed E-state index contributed by atoms with van der Waals surface area (Å²) in [6.45, 7) is 1.96. The highest BCUT2D eigenvalue weighted by molar-refractivity contribution is 8.18. The van der Waals surface area contributed by atoms with Gasteiger partial charge in [0.25, 0.3) is 11.1 Å². The summed E-state index contributed by atoms with van der Waals surface area (Å²) in [5.74, 6) is -0.394. The molecule has 144 valence electrons. The first-order valence-corrected chi connectivity index (χ1v) is 9.56. The van der Waals surface area contributed by atoms with Crippen molar-refractivity contribution in [1.82, 2.24) is 4.90 Å². The largest absolute Gasteiger partial charge is 0.489 e. The Morgan fingerprint density at radius 2 is 1.79 bits per heavy atom. The molecule has 0 aliphatic carbocycles. The molecule has 0 aromatic heterocycles. The van der Waals surface area contributed by atoms with E-state index in [0.29, 0.717) is 12.4 Å². The predicted molar refractivity (Wildman–Crippen MR) is 107 cm³/mol. The highest BCUT2D eigenvalue weighted by Gasteiger charge is 2.36. The Hall–Kier alpha value is -3.06. The molecule has 0 N–H and O–H groups in total. The summed E-state index contributed by atoms with van der Waals surface area (Å²) in [7, 11) is 0. The van der Waals surface area contributed by atoms with E-state index in [-0.39, 0.29) is 18.1 Å². The molecular weight excluding hydrogens is 378 g/mol. The summed E-state index contributed by atoms with van der Waals surface area (Å²) in [5.41, 5.74) is 1.83. The number of benzene rings is 2. The van der Waals surface area contributed by atoms with Gasteiger partial charge in [-0.05, 0) is 48.0 Å². The lowest BCUT2D eigenvalue weighted by atomic mass is 10.2. The molecule has 28 heavy (non-hydrogen) atoms. The number of carbonyl (C=O) groups excluding carboxylic acids is 3. The molecule has 1 saturated heterocycles. The predicted octanol–water partition coefficient (Wildman–Crippen LogP) is 3.87. The second-order valence-corrected chi connectivity index (χ2v) is 6.91. The van der Waals surface area contributed by atoms with E-state index in [2.05, 4.69) is 0 Å². The number of ether oxygens (including phenoxy) is 2. The van der Waals surface area contributed by atoms with Crippen LogP contribution in [-0.2, 0) is 20.9 Å². The molecule has 0 radical (unpaired) electrons. The van der Waals surface area contributed by atoms with Crippen LogP contribution in [0, 0.1) is 0 Å². The number of hydrogen-bond acceptors (Lipinski definition) is 6. The van der Waals surface area contributed by atoms with Crippen molar-refractivity contribution in [1.29, 1.82) is 0 Å². The Balaban J connectivity index is 1.62. The van der Waals surface area contributed by atoms with E-state index in [1.165, 1.54) is 0 Å². The van der Waals surface area contributed by atoms with Crippen molar-refractivity contribution in [2.45, 2.75) is 13.5 Å². The Labute approximate surface area is 167 Å². The molecule has 0 spiro atoms. The molecule has 1 aliphatic rings. The third kappa shape index (κ3) is 5.01. The van der Waals surface area contributed by atoms with Gasteiger partial charge in [0, 0.05) is 0 Å². The van der Waals surface area contributed by atoms with Crippen LogP contribution < -0.4 is 4.74 Å². The van der Waals surface area contributed by atoms with E-state index in [9.17, 15) is 14.4 Å². The maximum absolute atomic E-state index is 12.4. The van der Waals surface area contributed by atoms with Crippen LogP contribution in [-0.4, -0.2) is 35.2 Å². The zero-order valence-corrected chi connectivity index (χ0v) is 16.1. The van der Waals surface area contributed by atoms with Crippen LogP contribution in [0.25, 0.3) is 6.08 Å². The quantitative estimate of drug-likeness (QED) is 0.522. The number of rotatable bonds is 7. The summed E-state index contributed by atoms with van der Waals surface area (Å²) in [5, 5.41) is -0.480. The van der Waals surface area contributed by atoms with Gasteiger partial charge in [-0.25, -0.2) is 0 Å². The van der Waals surface area contributed by atoms with Crippen LogP contribution in [0.4, 0.5) is 4.79 Å². The number of carbonyl (C=O) groups is 3. The molecule has 7 heteroatoms. The molecule has 1 fully saturated rings. The van der Waals surface area contributed by atoms with Gasteiger partial charge in [0.1, 0.15) is 18.9 Å². The summed E-state index contributed by atoms with van der Waals surface area (Å²) < 4.78 is 10.5. The highest BCUT2D eigenvalue weighted by Crippen LogP contribution is 2.32. The highest BCUT2D eigenvalue weighted by atomic mass is 32.2. The lowest BCUT2D eigenvalue weighted by Gasteiger charge is -2.10. The Bertz CT molecular complexity index is 893. The van der Waals surface area contributed by atoms with E-state index in [1.54, 1.807) is 37.3 Å². The summed E-state index contributed by atoms with van der Waals surface area (Å²) in [6, 6.07) is 17.1. The van der Waals surface area contributed by atoms with Gasteiger partial charge in [0.15, 0.2) is 0 Å². The van der Waals surface area contributed by atoms with Gasteiger partial charge in [-0.2, -0.15) is 0 Å². The summed E-state index contributed by atoms with van der Waals surface area (Å²) >= 11 is 0.808. The minimum absolute atomic E-state index is 0.198. The van der Waals surface area contributed by atoms with E-state index in [4.69, 9.17) is 9.47 Å². The normalized spacial score (nSPS) is 15.2. The Morgan fingerprint density at radius 3 is 2.46 bits per heavy atom. The van der Waals surface area contributed by atoms with Crippen molar-refractivity contribution >= 4 is 35.0 Å². The minimum atomic E-state index is -0.606. The molecule has 2 aromatic rings. The van der Waals surface area contributed by atoms with Gasteiger partial charge in [0.2, 0.25) is 0 Å². The van der Waals surface area contributed by atoms with Crippen LogP contribution in [0.2, 0.25) is 0 Å². The van der Waals surface area contributed by atoms with Crippen LogP contribution in [0.3, 0.4) is 0 Å². The van der Waals surface area contributed by atoms with Crippen molar-refractivity contribution < 1.29 is 23.9 Å². The minimum Gasteiger partial charge on any atom is -0.489 e. The van der Waals surface area contributed by atoms with Gasteiger partial charge < -0.3 is 9.47 Å². The van der Waals surface area contributed by atoms with E-state index < -0.39 is 17.1 Å². The first kappa shape index (κ1) is 19.7. The number of nitrogens with zero attached hydrogens (tertiary/aromatic N) is 1. The zero-order chi connectivity index (χ0) is 19.9. The number of esters is 1. The second-order valence-electron chi connectivity index (χ2n) is 5.92. The number of thioether (sulfide) groups is 1. The van der Waals surface area contributed by atoms with Gasteiger partial charge in [-0.1, -0.05) is 42.5 Å². The van der Waals surface area contributed by atoms with E-state index >= 15 is 0 Å². The first-order chi connectivity index (χ1) is 13.6. The monoisotopic (exact) mass is 397 g/mol. The molecule has 0 atom stereocenters. The average Bonchev–Trinajstić information content (AvgIpc) is 2.96. The SMILES string of the molecule is CCOC(=O)CN1C(=O)S/C(=C/c2ccc(OCc3ccccc3)cc2)C1=O. The Morgan fingerprint density at radius 1 is 1.07 bits per heavy atom. The van der Waals surface area contributed by atoms with Gasteiger partial charge >= 0.3 is 5.97 Å². The number of imide groups is 1. The molecule has 1 heterocycles. The third-order valence-corrected chi connectivity index (χ3v) is 4.80. The van der Waals surface area contributed by atoms with Crippen LogP contribution >= 0.6 is 11.8 Å². The van der Waals surface area contributed by atoms with Crippen LogP contribution in [0.15, 0.2) is 59.5 Å². The first-order valence-electron chi connectivity index (χ1n) is 8.74. The molecule has 1 aliphatic heterocycles. The van der Waals surface area contributed by atoms with Crippen molar-refractivity contribution in [3.05, 3.63) is 70.6 Å². The van der Waals surface area contributed by atoms with Crippen molar-refractivity contribution in [2.24, 2.45) is 0 Å². The van der Waals surface area contributed by atoms with E-state index in [0.717, 1.165) is 27.8 Å². The van der Waals surface area contributed by atoms with Crippen molar-refractivity contribution in [3.8, 4) is 5.75 Å². The fourth-order valence-electron chi connectivity index (χ4n) is 2.52. The maximum Gasteiger partial charge on any atom is 0.326 e. The molecule has 0 bridgehead atoms. The van der Waals surface area contributed by atoms with Crippen molar-refractivity contribution in [3.63, 3.8) is 0 Å². The van der Waals surface area contributed by atoms with Gasteiger partial charge in [-0.3, -0.25) is 19.3 Å². The zero-order valence-electron chi connectivity index (χ0n) is 15.3. The molecule has 0 unspecified atom stereocenters. The molecule has 0 saturated carbocycles. The molecule has 2 aromatic carbocycles. The lowest BCUT2D eigenvalue weighted by Crippen LogP contribution is -2.34. The smallest absolute Gasteiger partial charge is 0.326 e. The fourth-order valence-corrected chi connectivity index (χ4v) is 3.36. The topological polar surface area (TPSA) is 72.9 Å². The molecule has 6 nitrogen and oxygen atoms in total. The maximum atomic E-state index is 12.4. The lowest BCUT2D eigenvalue weighted by molar-refractivity contribution is -0.145. The van der Waals surface area contributed by atoms with E-state index in [1.807, 2.05) is 30.3 Å². The average molecular weight is 397 g/mol. The second kappa shape index (κ2) is 9.23. The third-order valence-electron chi connectivity index (χ3n) is 3.89. The standard InChI is InChI=1S/C21H19NO5S/c1-2-26-19(23)13-22-20(24)18(28-21(22)25)12-15-8-10-17(11-9-15)27-14-16-6-4-3-5-7-16/h3-12H,2,13-14H2,1H3/b18-12+. The van der Waals surface area contributed by atoms with Crippen LogP contribution in [0.5, 0.6) is 5.75 Å². The number of hydrogen-bond donors (Lipinski definition) is 0. The van der Waals surface area contributed by atoms with Crippen LogP contribution in [0.1, 0.15) is 18.1 Å². The summed E-state index contributed by atoms with van der Waals surface area (Å²) in [4.78, 5) is 37.1.